The molecular weight excluding hydrogens is 292 g/mol. The lowest BCUT2D eigenvalue weighted by atomic mass is 9.86. The molecule has 2 aromatic rings. The third kappa shape index (κ3) is 2.87. The molecule has 1 aliphatic rings. The summed E-state index contributed by atoms with van der Waals surface area (Å²) < 4.78 is 0. The molecule has 2 heteroatoms. The Morgan fingerprint density at radius 3 is 2.58 bits per heavy atom. The third-order valence-corrected chi connectivity index (χ3v) is 4.97. The van der Waals surface area contributed by atoms with E-state index < -0.39 is 0 Å². The Balaban J connectivity index is 2.24. The third-order valence-electron chi connectivity index (χ3n) is 4.97. The number of anilines is 2. The molecule has 1 heterocycles. The van der Waals surface area contributed by atoms with Gasteiger partial charge in [-0.05, 0) is 56.0 Å². The van der Waals surface area contributed by atoms with Gasteiger partial charge in [-0.15, -0.1) is 0 Å². The second-order valence-corrected chi connectivity index (χ2v) is 6.62. The van der Waals surface area contributed by atoms with Crippen molar-refractivity contribution in [3.05, 3.63) is 64.7 Å². The van der Waals surface area contributed by atoms with Gasteiger partial charge in [0.15, 0.2) is 0 Å². The maximum absolute atomic E-state index is 5.81. The fourth-order valence-corrected chi connectivity index (χ4v) is 3.56. The zero-order chi connectivity index (χ0) is 17.1. The predicted octanol–water partition coefficient (Wildman–Crippen LogP) is 5.34. The van der Waals surface area contributed by atoms with Crippen LogP contribution in [0.5, 0.6) is 0 Å². The highest BCUT2D eigenvalue weighted by Crippen LogP contribution is 2.47. The Morgan fingerprint density at radius 1 is 1.04 bits per heavy atom. The summed E-state index contributed by atoms with van der Waals surface area (Å²) in [5.74, 6) is 0. The molecule has 1 aliphatic heterocycles. The topological polar surface area (TPSA) is 29.3 Å². The van der Waals surface area contributed by atoms with Gasteiger partial charge in [0.2, 0.25) is 0 Å². The lowest BCUT2D eigenvalue weighted by molar-refractivity contribution is 0.812. The molecule has 0 saturated carbocycles. The first-order valence-corrected chi connectivity index (χ1v) is 9.06. The van der Waals surface area contributed by atoms with Crippen LogP contribution >= 0.6 is 0 Å². The number of allylic oxidation sites excluding steroid dienone is 1. The molecule has 0 saturated heterocycles. The molecule has 3 rings (SSSR count). The summed E-state index contributed by atoms with van der Waals surface area (Å²) in [5.41, 5.74) is 15.3. The van der Waals surface area contributed by atoms with E-state index in [1.165, 1.54) is 45.6 Å². The Labute approximate surface area is 146 Å². The van der Waals surface area contributed by atoms with Crippen LogP contribution in [-0.2, 0) is 0 Å². The van der Waals surface area contributed by atoms with E-state index in [1.807, 2.05) is 0 Å². The van der Waals surface area contributed by atoms with E-state index >= 15 is 0 Å². The minimum Gasteiger partial charge on any atom is -0.340 e. The molecule has 2 aromatic carbocycles. The lowest BCUT2D eigenvalue weighted by Gasteiger charge is -2.36. The number of fused-ring (bicyclic) bond motifs is 2. The van der Waals surface area contributed by atoms with E-state index in [2.05, 4.69) is 68.1 Å². The molecule has 2 nitrogen and oxygen atoms in total. The molecule has 0 aromatic heterocycles. The monoisotopic (exact) mass is 320 g/mol. The van der Waals surface area contributed by atoms with Crippen molar-refractivity contribution in [2.24, 2.45) is 5.73 Å². The van der Waals surface area contributed by atoms with Gasteiger partial charge in [-0.1, -0.05) is 49.8 Å². The summed E-state index contributed by atoms with van der Waals surface area (Å²) in [5, 5.41) is 0. The molecule has 0 atom stereocenters. The van der Waals surface area contributed by atoms with Crippen LogP contribution < -0.4 is 10.6 Å². The van der Waals surface area contributed by atoms with Crippen LogP contribution in [0.25, 0.3) is 5.57 Å². The summed E-state index contributed by atoms with van der Waals surface area (Å²) in [6.07, 6.45) is 5.68. The minimum absolute atomic E-state index is 0.720. The molecular formula is C22H28N2. The molecule has 0 radical (unpaired) electrons. The van der Waals surface area contributed by atoms with Crippen molar-refractivity contribution in [1.82, 2.24) is 0 Å². The number of rotatable bonds is 5. The van der Waals surface area contributed by atoms with E-state index in [-0.39, 0.29) is 0 Å². The maximum atomic E-state index is 5.81. The molecule has 2 N–H and O–H groups in total. The van der Waals surface area contributed by atoms with Gasteiger partial charge in [-0.2, -0.15) is 0 Å². The largest absolute Gasteiger partial charge is 0.340 e. The first kappa shape index (κ1) is 16.8. The summed E-state index contributed by atoms with van der Waals surface area (Å²) in [6.45, 7) is 8.37. The Bertz CT molecular complexity index is 759. The first-order valence-electron chi connectivity index (χ1n) is 9.06. The van der Waals surface area contributed by atoms with Gasteiger partial charge in [0.05, 0.1) is 5.69 Å². The molecule has 0 bridgehead atoms. The van der Waals surface area contributed by atoms with E-state index in [4.69, 9.17) is 5.73 Å². The van der Waals surface area contributed by atoms with Crippen LogP contribution in [0.2, 0.25) is 0 Å². The smallest absolute Gasteiger partial charge is 0.0523 e. The van der Waals surface area contributed by atoms with Crippen molar-refractivity contribution < 1.29 is 0 Å². The van der Waals surface area contributed by atoms with Crippen LogP contribution in [0.3, 0.4) is 0 Å². The van der Waals surface area contributed by atoms with Gasteiger partial charge in [0.1, 0.15) is 0 Å². The number of nitrogens with zero attached hydrogens (tertiary/aromatic N) is 1. The Hall–Kier alpha value is -2.06. The number of unbranched alkanes of at least 4 members (excludes halogenated alkanes) is 1. The van der Waals surface area contributed by atoms with Crippen molar-refractivity contribution in [3.8, 4) is 0 Å². The Morgan fingerprint density at radius 2 is 1.83 bits per heavy atom. The van der Waals surface area contributed by atoms with Crippen molar-refractivity contribution in [2.45, 2.75) is 40.0 Å². The summed E-state index contributed by atoms with van der Waals surface area (Å²) in [7, 11) is 0. The van der Waals surface area contributed by atoms with E-state index in [1.54, 1.807) is 0 Å². The second-order valence-electron chi connectivity index (χ2n) is 6.62. The fraction of sp³-hybridized carbons (Fsp3) is 0.364. The maximum Gasteiger partial charge on any atom is 0.0523 e. The highest BCUT2D eigenvalue weighted by atomic mass is 15.1. The quantitative estimate of drug-likeness (QED) is 0.806. The molecule has 0 aliphatic carbocycles. The number of benzene rings is 2. The van der Waals surface area contributed by atoms with Gasteiger partial charge >= 0.3 is 0 Å². The van der Waals surface area contributed by atoms with E-state index in [9.17, 15) is 0 Å². The summed E-state index contributed by atoms with van der Waals surface area (Å²) >= 11 is 0. The molecule has 126 valence electrons. The van der Waals surface area contributed by atoms with Crippen LogP contribution in [0, 0.1) is 13.8 Å². The number of hydrogen-bond donors (Lipinski definition) is 1. The standard InChI is InChI=1S/C22H28N2/c1-4-5-9-18-19-10-6-7-11-21(19)24(15-8-14-23)22-17(3)16(2)12-13-20(18)22/h6-7,9-13H,4-5,8,14-15,23H2,1-3H3/b18-9-. The van der Waals surface area contributed by atoms with Crippen LogP contribution in [-0.4, -0.2) is 13.1 Å². The van der Waals surface area contributed by atoms with Crippen molar-refractivity contribution in [1.29, 1.82) is 0 Å². The van der Waals surface area contributed by atoms with Crippen LogP contribution in [0.4, 0.5) is 11.4 Å². The van der Waals surface area contributed by atoms with E-state index in [0.717, 1.165) is 25.9 Å². The number of nitrogens with two attached hydrogens (primary N) is 1. The molecule has 0 amide bonds. The van der Waals surface area contributed by atoms with Crippen LogP contribution in [0.1, 0.15) is 48.4 Å². The van der Waals surface area contributed by atoms with Crippen molar-refractivity contribution >= 4 is 16.9 Å². The van der Waals surface area contributed by atoms with Crippen molar-refractivity contribution in [3.63, 3.8) is 0 Å². The Kier molecular flexibility index (Phi) is 5.06. The highest BCUT2D eigenvalue weighted by molar-refractivity contribution is 5.98. The van der Waals surface area contributed by atoms with Crippen molar-refractivity contribution in [2.75, 3.05) is 18.0 Å². The number of hydrogen-bond acceptors (Lipinski definition) is 2. The fourth-order valence-electron chi connectivity index (χ4n) is 3.56. The predicted molar refractivity (Wildman–Crippen MR) is 105 cm³/mol. The zero-order valence-corrected chi connectivity index (χ0v) is 15.1. The average molecular weight is 320 g/mol. The molecule has 0 spiro atoms. The van der Waals surface area contributed by atoms with Crippen LogP contribution in [0.15, 0.2) is 42.5 Å². The molecule has 0 unspecified atom stereocenters. The number of aryl methyl sites for hydroxylation is 1. The second kappa shape index (κ2) is 7.23. The SMILES string of the molecule is CCC/C=C1/c2ccccc2N(CCCN)c2c1ccc(C)c2C. The van der Waals surface area contributed by atoms with Gasteiger partial charge in [0.25, 0.3) is 0 Å². The summed E-state index contributed by atoms with van der Waals surface area (Å²) in [4.78, 5) is 2.48. The molecule has 0 fully saturated rings. The van der Waals surface area contributed by atoms with Gasteiger partial charge < -0.3 is 10.6 Å². The van der Waals surface area contributed by atoms with Gasteiger partial charge in [-0.25, -0.2) is 0 Å². The summed E-state index contributed by atoms with van der Waals surface area (Å²) in [6, 6.07) is 13.3. The minimum atomic E-state index is 0.720. The molecule has 24 heavy (non-hydrogen) atoms. The lowest BCUT2D eigenvalue weighted by Crippen LogP contribution is -2.26. The first-order chi connectivity index (χ1) is 11.7. The average Bonchev–Trinajstić information content (AvgIpc) is 2.61. The highest BCUT2D eigenvalue weighted by Gasteiger charge is 2.27. The number of para-hydroxylation sites is 1. The zero-order valence-electron chi connectivity index (χ0n) is 15.1. The van der Waals surface area contributed by atoms with E-state index in [0.29, 0.717) is 0 Å². The normalized spacial score (nSPS) is 14.7. The van der Waals surface area contributed by atoms with Gasteiger partial charge in [-0.3, -0.25) is 0 Å². The van der Waals surface area contributed by atoms with Gasteiger partial charge in [0, 0.05) is 23.4 Å².